The fourth-order valence-electron chi connectivity index (χ4n) is 2.69. The summed E-state index contributed by atoms with van der Waals surface area (Å²) in [5.41, 5.74) is 0. The molecular formula is C17H25NS2Se. The Morgan fingerprint density at radius 3 is 2.52 bits per heavy atom. The van der Waals surface area contributed by atoms with Gasteiger partial charge in [0.25, 0.3) is 0 Å². The monoisotopic (exact) mass is 387 g/mol. The second-order valence-corrected chi connectivity index (χ2v) is 9.98. The molecule has 1 aromatic carbocycles. The summed E-state index contributed by atoms with van der Waals surface area (Å²) in [5.74, 6) is 0. The summed E-state index contributed by atoms with van der Waals surface area (Å²) in [6.07, 6.45) is 5.49. The number of hydrogen-bond acceptors (Lipinski definition) is 2. The minimum atomic E-state index is 0.582. The third kappa shape index (κ3) is 5.28. The van der Waals surface area contributed by atoms with Crippen molar-refractivity contribution in [1.82, 2.24) is 4.90 Å². The van der Waals surface area contributed by atoms with Crippen LogP contribution in [0.25, 0.3) is 0 Å². The molecule has 0 aliphatic heterocycles. The Labute approximate surface area is 145 Å². The molecule has 0 spiro atoms. The SMILES string of the molecule is CCN(CC)C(=S)SC1CCCCC1[Se]c1ccccc1. The van der Waals surface area contributed by atoms with E-state index in [-0.39, 0.29) is 0 Å². The van der Waals surface area contributed by atoms with Gasteiger partial charge in [-0.05, 0) is 0 Å². The molecule has 116 valence electrons. The Kier molecular flexibility index (Phi) is 7.59. The normalized spacial score (nSPS) is 22.0. The van der Waals surface area contributed by atoms with E-state index in [9.17, 15) is 0 Å². The zero-order chi connectivity index (χ0) is 15.1. The minimum absolute atomic E-state index is 0.582. The predicted octanol–water partition coefficient (Wildman–Crippen LogP) is 4.11. The van der Waals surface area contributed by atoms with Gasteiger partial charge in [0, 0.05) is 0 Å². The van der Waals surface area contributed by atoms with Gasteiger partial charge < -0.3 is 0 Å². The summed E-state index contributed by atoms with van der Waals surface area (Å²) in [6, 6.07) is 11.0. The molecule has 2 rings (SSSR count). The summed E-state index contributed by atoms with van der Waals surface area (Å²) >= 11 is 8.23. The molecule has 0 radical (unpaired) electrons. The van der Waals surface area contributed by atoms with E-state index in [1.165, 1.54) is 30.1 Å². The van der Waals surface area contributed by atoms with Gasteiger partial charge in [-0.3, -0.25) is 0 Å². The van der Waals surface area contributed by atoms with Crippen LogP contribution in [0.5, 0.6) is 0 Å². The zero-order valence-corrected chi connectivity index (χ0v) is 16.3. The molecule has 0 amide bonds. The quantitative estimate of drug-likeness (QED) is 0.554. The zero-order valence-electron chi connectivity index (χ0n) is 13.0. The van der Waals surface area contributed by atoms with E-state index in [0.717, 1.165) is 27.5 Å². The molecule has 1 fully saturated rings. The van der Waals surface area contributed by atoms with Crippen LogP contribution in [0, 0.1) is 0 Å². The molecule has 0 aromatic heterocycles. The Morgan fingerprint density at radius 2 is 1.86 bits per heavy atom. The van der Waals surface area contributed by atoms with Crippen molar-refractivity contribution in [2.24, 2.45) is 0 Å². The molecule has 2 unspecified atom stereocenters. The number of thiocarbonyl (C=S) groups is 1. The number of rotatable bonds is 5. The molecule has 4 heteroatoms. The van der Waals surface area contributed by atoms with Crippen molar-refractivity contribution >= 4 is 47.7 Å². The molecule has 1 saturated carbocycles. The average Bonchev–Trinajstić information content (AvgIpc) is 2.51. The molecular weight excluding hydrogens is 361 g/mol. The fraction of sp³-hybridized carbons (Fsp3) is 0.588. The molecule has 21 heavy (non-hydrogen) atoms. The Balaban J connectivity index is 1.97. The van der Waals surface area contributed by atoms with Gasteiger partial charge in [-0.1, -0.05) is 0 Å². The molecule has 0 bridgehead atoms. The first-order chi connectivity index (χ1) is 10.2. The maximum absolute atomic E-state index is 5.67. The van der Waals surface area contributed by atoms with E-state index >= 15 is 0 Å². The van der Waals surface area contributed by atoms with Gasteiger partial charge >= 0.3 is 146 Å². The van der Waals surface area contributed by atoms with Crippen LogP contribution in [0.4, 0.5) is 0 Å². The van der Waals surface area contributed by atoms with E-state index in [0.29, 0.717) is 15.0 Å². The van der Waals surface area contributed by atoms with Gasteiger partial charge in [-0.25, -0.2) is 0 Å². The van der Waals surface area contributed by atoms with Crippen molar-refractivity contribution in [3.8, 4) is 0 Å². The van der Waals surface area contributed by atoms with Crippen molar-refractivity contribution in [3.05, 3.63) is 30.3 Å². The van der Waals surface area contributed by atoms with Crippen molar-refractivity contribution in [2.45, 2.75) is 49.6 Å². The predicted molar refractivity (Wildman–Crippen MR) is 101 cm³/mol. The van der Waals surface area contributed by atoms with Gasteiger partial charge in [0.1, 0.15) is 0 Å². The second-order valence-electron chi connectivity index (χ2n) is 5.35. The fourth-order valence-corrected chi connectivity index (χ4v) is 7.79. The van der Waals surface area contributed by atoms with E-state index in [2.05, 4.69) is 49.1 Å². The van der Waals surface area contributed by atoms with Crippen molar-refractivity contribution in [3.63, 3.8) is 0 Å². The Hall–Kier alpha value is -0.0205. The number of benzene rings is 1. The van der Waals surface area contributed by atoms with Gasteiger partial charge in [-0.2, -0.15) is 0 Å². The molecule has 0 heterocycles. The Morgan fingerprint density at radius 1 is 1.19 bits per heavy atom. The third-order valence-corrected chi connectivity index (χ3v) is 9.17. The van der Waals surface area contributed by atoms with Gasteiger partial charge in [0.15, 0.2) is 0 Å². The molecule has 1 aliphatic carbocycles. The van der Waals surface area contributed by atoms with Crippen molar-refractivity contribution < 1.29 is 0 Å². The van der Waals surface area contributed by atoms with E-state index in [4.69, 9.17) is 12.2 Å². The van der Waals surface area contributed by atoms with Crippen LogP contribution in [0.2, 0.25) is 4.82 Å². The van der Waals surface area contributed by atoms with Crippen LogP contribution in [0.3, 0.4) is 0 Å². The third-order valence-electron chi connectivity index (χ3n) is 3.95. The summed E-state index contributed by atoms with van der Waals surface area (Å²) < 4.78 is 2.65. The summed E-state index contributed by atoms with van der Waals surface area (Å²) in [6.45, 7) is 6.46. The molecule has 1 nitrogen and oxygen atoms in total. The van der Waals surface area contributed by atoms with Gasteiger partial charge in [-0.15, -0.1) is 0 Å². The number of nitrogens with zero attached hydrogens (tertiary/aromatic N) is 1. The average molecular weight is 386 g/mol. The van der Waals surface area contributed by atoms with Crippen LogP contribution < -0.4 is 4.46 Å². The van der Waals surface area contributed by atoms with Crippen LogP contribution in [-0.2, 0) is 0 Å². The van der Waals surface area contributed by atoms with E-state index < -0.39 is 0 Å². The topological polar surface area (TPSA) is 3.24 Å². The molecule has 1 aromatic rings. The first-order valence-corrected chi connectivity index (χ1v) is 11.0. The van der Waals surface area contributed by atoms with E-state index in [1.807, 2.05) is 11.8 Å². The molecule has 0 saturated heterocycles. The first-order valence-electron chi connectivity index (χ1n) is 7.91. The van der Waals surface area contributed by atoms with Crippen molar-refractivity contribution in [1.29, 1.82) is 0 Å². The van der Waals surface area contributed by atoms with Crippen LogP contribution >= 0.6 is 24.0 Å². The van der Waals surface area contributed by atoms with Gasteiger partial charge in [0.05, 0.1) is 0 Å². The first kappa shape index (κ1) is 17.3. The summed E-state index contributed by atoms with van der Waals surface area (Å²) in [4.78, 5) is 3.16. The van der Waals surface area contributed by atoms with Crippen LogP contribution in [-0.4, -0.2) is 42.5 Å². The van der Waals surface area contributed by atoms with Gasteiger partial charge in [0.2, 0.25) is 0 Å². The molecule has 0 N–H and O–H groups in total. The standard InChI is InChI=1S/C17H25NS2Se/c1-3-18(4-2)17(19)20-15-12-8-9-13-16(15)21-14-10-6-5-7-11-14/h5-7,10-11,15-16H,3-4,8-9,12-13H2,1-2H3. The number of thioether (sulfide) groups is 1. The molecule has 1 aliphatic rings. The summed E-state index contributed by atoms with van der Waals surface area (Å²) in [5, 5.41) is 0.729. The number of hydrogen-bond donors (Lipinski definition) is 0. The molecule has 2 atom stereocenters. The van der Waals surface area contributed by atoms with Crippen LogP contribution in [0.1, 0.15) is 39.5 Å². The van der Waals surface area contributed by atoms with Crippen molar-refractivity contribution in [2.75, 3.05) is 13.1 Å². The van der Waals surface area contributed by atoms with Crippen LogP contribution in [0.15, 0.2) is 30.3 Å². The summed E-state index contributed by atoms with van der Waals surface area (Å²) in [7, 11) is 0. The Bertz CT molecular complexity index is 434. The van der Waals surface area contributed by atoms with E-state index in [1.54, 1.807) is 0 Å². The second kappa shape index (κ2) is 9.19. The maximum atomic E-state index is 5.67.